The fraction of sp³-hybridized carbons (Fsp3) is 0.273. The minimum absolute atomic E-state index is 0.00986. The second-order valence-electron chi connectivity index (χ2n) is 3.47. The fourth-order valence-electron chi connectivity index (χ4n) is 1.56. The molecule has 2 aromatic rings. The molecule has 0 fully saturated rings. The van der Waals surface area contributed by atoms with Gasteiger partial charge in [-0.3, -0.25) is 0 Å². The molecule has 3 nitrogen and oxygen atoms in total. The molecule has 84 valence electrons. The van der Waals surface area contributed by atoms with E-state index in [1.807, 2.05) is 18.5 Å². The van der Waals surface area contributed by atoms with Gasteiger partial charge in [0.1, 0.15) is 5.82 Å². The van der Waals surface area contributed by atoms with E-state index in [1.54, 1.807) is 12.1 Å². The van der Waals surface area contributed by atoms with Crippen molar-refractivity contribution < 1.29 is 4.39 Å². The van der Waals surface area contributed by atoms with Gasteiger partial charge in [-0.1, -0.05) is 22.7 Å². The van der Waals surface area contributed by atoms with E-state index >= 15 is 0 Å². The first-order valence-electron chi connectivity index (χ1n) is 4.99. The van der Waals surface area contributed by atoms with Gasteiger partial charge in [-0.25, -0.2) is 4.39 Å². The molecular formula is C11H12FN3S. The van der Waals surface area contributed by atoms with Crippen LogP contribution < -0.4 is 5.32 Å². The topological polar surface area (TPSA) is 37.8 Å². The summed E-state index contributed by atoms with van der Waals surface area (Å²) in [7, 11) is 1.84. The predicted octanol–water partition coefficient (Wildman–Crippen LogP) is 2.18. The monoisotopic (exact) mass is 237 g/mol. The van der Waals surface area contributed by atoms with Gasteiger partial charge in [-0.2, -0.15) is 0 Å². The molecule has 0 saturated heterocycles. The van der Waals surface area contributed by atoms with Crippen molar-refractivity contribution in [3.05, 3.63) is 46.7 Å². The lowest BCUT2D eigenvalue weighted by molar-refractivity contribution is 0.544. The van der Waals surface area contributed by atoms with Gasteiger partial charge in [0.05, 0.1) is 11.7 Å². The van der Waals surface area contributed by atoms with Gasteiger partial charge in [-0.05, 0) is 36.6 Å². The summed E-state index contributed by atoms with van der Waals surface area (Å²) in [6.45, 7) is 0. The Morgan fingerprint density at radius 3 is 2.88 bits per heavy atom. The fourth-order valence-corrected chi connectivity index (χ4v) is 2.07. The van der Waals surface area contributed by atoms with Crippen LogP contribution in [-0.2, 0) is 6.42 Å². The highest BCUT2D eigenvalue weighted by molar-refractivity contribution is 7.03. The van der Waals surface area contributed by atoms with Crippen molar-refractivity contribution in [3.8, 4) is 0 Å². The van der Waals surface area contributed by atoms with Crippen molar-refractivity contribution in [2.45, 2.75) is 12.5 Å². The van der Waals surface area contributed by atoms with Crippen molar-refractivity contribution in [1.82, 2.24) is 14.9 Å². The minimum atomic E-state index is -0.175. The van der Waals surface area contributed by atoms with Gasteiger partial charge in [0.2, 0.25) is 0 Å². The van der Waals surface area contributed by atoms with Gasteiger partial charge in [0, 0.05) is 5.38 Å². The van der Waals surface area contributed by atoms with Crippen molar-refractivity contribution in [2.75, 3.05) is 7.05 Å². The number of nitrogens with one attached hydrogen (secondary N) is 1. The third kappa shape index (κ3) is 2.43. The number of hydrogen-bond acceptors (Lipinski definition) is 4. The third-order valence-corrected chi connectivity index (χ3v) is 2.99. The van der Waals surface area contributed by atoms with E-state index < -0.39 is 0 Å². The number of likely N-dealkylation sites (N-methyl/N-ethyl adjacent to an activating group) is 1. The smallest absolute Gasteiger partial charge is 0.126 e. The zero-order valence-corrected chi connectivity index (χ0v) is 9.67. The Balaban J connectivity index is 2.17. The van der Waals surface area contributed by atoms with Crippen molar-refractivity contribution in [3.63, 3.8) is 0 Å². The Bertz CT molecular complexity index is 444. The predicted molar refractivity (Wildman–Crippen MR) is 61.8 cm³/mol. The van der Waals surface area contributed by atoms with Crippen molar-refractivity contribution in [2.24, 2.45) is 0 Å². The van der Waals surface area contributed by atoms with E-state index in [1.165, 1.54) is 17.6 Å². The Labute approximate surface area is 97.5 Å². The molecule has 0 radical (unpaired) electrons. The van der Waals surface area contributed by atoms with Crippen LogP contribution in [0.15, 0.2) is 29.6 Å². The Morgan fingerprint density at radius 2 is 2.25 bits per heavy atom. The summed E-state index contributed by atoms with van der Waals surface area (Å²) in [6, 6.07) is 6.80. The summed E-state index contributed by atoms with van der Waals surface area (Å²) in [5.74, 6) is -0.175. The van der Waals surface area contributed by atoms with E-state index in [-0.39, 0.29) is 11.9 Å². The van der Waals surface area contributed by atoms with Crippen LogP contribution in [0.1, 0.15) is 17.3 Å². The molecule has 0 saturated carbocycles. The maximum atomic E-state index is 13.5. The van der Waals surface area contributed by atoms with Gasteiger partial charge in [0.15, 0.2) is 0 Å². The number of hydrogen-bond donors (Lipinski definition) is 1. The molecule has 2 rings (SSSR count). The van der Waals surface area contributed by atoms with Crippen molar-refractivity contribution >= 4 is 11.5 Å². The Morgan fingerprint density at radius 1 is 1.44 bits per heavy atom. The largest absolute Gasteiger partial charge is 0.311 e. The number of benzene rings is 1. The maximum absolute atomic E-state index is 13.5. The number of rotatable bonds is 4. The quantitative estimate of drug-likeness (QED) is 0.885. The number of aromatic nitrogens is 2. The molecule has 0 aliphatic rings. The lowest BCUT2D eigenvalue weighted by atomic mass is 10.0. The highest BCUT2D eigenvalue weighted by Gasteiger charge is 2.14. The van der Waals surface area contributed by atoms with Gasteiger partial charge < -0.3 is 5.32 Å². The second-order valence-corrected chi connectivity index (χ2v) is 4.08. The molecule has 0 amide bonds. The van der Waals surface area contributed by atoms with Crippen LogP contribution >= 0.6 is 11.5 Å². The molecular weight excluding hydrogens is 225 g/mol. The molecule has 0 aliphatic carbocycles. The molecule has 1 aromatic heterocycles. The highest BCUT2D eigenvalue weighted by Crippen LogP contribution is 2.18. The molecule has 1 N–H and O–H groups in total. The van der Waals surface area contributed by atoms with Crippen LogP contribution in [0.25, 0.3) is 0 Å². The summed E-state index contributed by atoms with van der Waals surface area (Å²) in [6.07, 6.45) is 0.578. The first kappa shape index (κ1) is 11.2. The molecule has 1 atom stereocenters. The summed E-state index contributed by atoms with van der Waals surface area (Å²) in [5, 5.41) is 8.99. The van der Waals surface area contributed by atoms with Gasteiger partial charge in [-0.15, -0.1) is 5.10 Å². The minimum Gasteiger partial charge on any atom is -0.311 e. The summed E-state index contributed by atoms with van der Waals surface area (Å²) >= 11 is 1.30. The van der Waals surface area contributed by atoms with Gasteiger partial charge in [0.25, 0.3) is 0 Å². The summed E-state index contributed by atoms with van der Waals surface area (Å²) in [5.41, 5.74) is 1.55. The second kappa shape index (κ2) is 5.14. The van der Waals surface area contributed by atoms with E-state index in [4.69, 9.17) is 0 Å². The lowest BCUT2D eigenvalue weighted by Gasteiger charge is -2.13. The zero-order chi connectivity index (χ0) is 11.4. The van der Waals surface area contributed by atoms with E-state index in [9.17, 15) is 4.39 Å². The lowest BCUT2D eigenvalue weighted by Crippen LogP contribution is -2.19. The molecule has 1 unspecified atom stereocenters. The highest BCUT2D eigenvalue weighted by atomic mass is 32.1. The first-order chi connectivity index (χ1) is 7.81. The van der Waals surface area contributed by atoms with Crippen LogP contribution in [0.4, 0.5) is 4.39 Å². The standard InChI is InChI=1S/C11H12FN3S/c1-13-10(11-7-16-15-14-11)6-8-4-2-3-5-9(8)12/h2-5,7,10,13H,6H2,1H3. The van der Waals surface area contributed by atoms with Crippen LogP contribution in [0.2, 0.25) is 0 Å². The maximum Gasteiger partial charge on any atom is 0.126 e. The third-order valence-electron chi connectivity index (χ3n) is 2.46. The van der Waals surface area contributed by atoms with E-state index in [0.717, 1.165) is 5.69 Å². The molecule has 16 heavy (non-hydrogen) atoms. The van der Waals surface area contributed by atoms with Crippen molar-refractivity contribution in [1.29, 1.82) is 0 Å². The first-order valence-corrected chi connectivity index (χ1v) is 5.82. The van der Waals surface area contributed by atoms with Crippen LogP contribution in [0, 0.1) is 5.82 Å². The van der Waals surface area contributed by atoms with E-state index in [2.05, 4.69) is 14.9 Å². The average Bonchev–Trinajstić information content (AvgIpc) is 2.81. The number of nitrogens with zero attached hydrogens (tertiary/aromatic N) is 2. The molecule has 5 heteroatoms. The van der Waals surface area contributed by atoms with E-state index in [0.29, 0.717) is 12.0 Å². The molecule has 1 heterocycles. The normalized spacial score (nSPS) is 12.6. The van der Waals surface area contributed by atoms with Crippen LogP contribution in [-0.4, -0.2) is 16.6 Å². The average molecular weight is 237 g/mol. The summed E-state index contributed by atoms with van der Waals surface area (Å²) in [4.78, 5) is 0. The molecule has 1 aromatic carbocycles. The number of halogens is 1. The zero-order valence-electron chi connectivity index (χ0n) is 8.85. The van der Waals surface area contributed by atoms with Crippen LogP contribution in [0.5, 0.6) is 0 Å². The van der Waals surface area contributed by atoms with Crippen LogP contribution in [0.3, 0.4) is 0 Å². The SMILES string of the molecule is CNC(Cc1ccccc1F)c1csnn1. The Kier molecular flexibility index (Phi) is 3.58. The molecule has 0 spiro atoms. The Hall–Kier alpha value is -1.33. The molecule has 0 bridgehead atoms. The van der Waals surface area contributed by atoms with Gasteiger partial charge >= 0.3 is 0 Å². The summed E-state index contributed by atoms with van der Waals surface area (Å²) < 4.78 is 17.3. The molecule has 0 aliphatic heterocycles.